The summed E-state index contributed by atoms with van der Waals surface area (Å²) < 4.78 is 6.44. The summed E-state index contributed by atoms with van der Waals surface area (Å²) in [5.41, 5.74) is 1.17. The monoisotopic (exact) mass is 353 g/mol. The van der Waals surface area contributed by atoms with Crippen LogP contribution in [0.15, 0.2) is 28.7 Å². The Morgan fingerprint density at radius 1 is 1.38 bits per heavy atom. The molecule has 1 aromatic carbocycles. The highest BCUT2D eigenvalue weighted by Gasteiger charge is 2.29. The molecule has 0 spiro atoms. The molecule has 4 heteroatoms. The standard InChI is InChI=1S/C17H24BrNO2/c1-3-10-19(17(20)14-8-11-21-12-9-14)13(2)15-6-4-5-7-16(15)18/h4-7,13-14H,3,8-12H2,1-2H3. The number of benzene rings is 1. The Balaban J connectivity index is 2.17. The van der Waals surface area contributed by atoms with Gasteiger partial charge in [0.25, 0.3) is 0 Å². The molecular formula is C17H24BrNO2. The molecule has 1 unspecified atom stereocenters. The molecule has 2 rings (SSSR count). The lowest BCUT2D eigenvalue weighted by Gasteiger charge is -2.34. The Kier molecular flexibility index (Phi) is 6.24. The summed E-state index contributed by atoms with van der Waals surface area (Å²) in [4.78, 5) is 14.9. The van der Waals surface area contributed by atoms with Gasteiger partial charge in [0.1, 0.15) is 0 Å². The van der Waals surface area contributed by atoms with Crippen molar-refractivity contribution in [3.05, 3.63) is 34.3 Å². The van der Waals surface area contributed by atoms with E-state index in [0.29, 0.717) is 13.2 Å². The molecule has 1 fully saturated rings. The number of halogens is 1. The van der Waals surface area contributed by atoms with Crippen LogP contribution < -0.4 is 0 Å². The van der Waals surface area contributed by atoms with Gasteiger partial charge in [-0.2, -0.15) is 0 Å². The van der Waals surface area contributed by atoms with Gasteiger partial charge in [0.05, 0.1) is 6.04 Å². The summed E-state index contributed by atoms with van der Waals surface area (Å²) in [5.74, 6) is 0.402. The normalized spacial score (nSPS) is 17.5. The van der Waals surface area contributed by atoms with Crippen molar-refractivity contribution in [2.75, 3.05) is 19.8 Å². The van der Waals surface area contributed by atoms with Gasteiger partial charge >= 0.3 is 0 Å². The van der Waals surface area contributed by atoms with Crippen LogP contribution in [0.2, 0.25) is 0 Å². The minimum atomic E-state index is 0.0934. The van der Waals surface area contributed by atoms with E-state index < -0.39 is 0 Å². The zero-order valence-corrected chi connectivity index (χ0v) is 14.4. The van der Waals surface area contributed by atoms with Crippen LogP contribution in [-0.2, 0) is 9.53 Å². The van der Waals surface area contributed by atoms with Gasteiger partial charge in [-0.05, 0) is 37.8 Å². The Morgan fingerprint density at radius 3 is 2.67 bits per heavy atom. The van der Waals surface area contributed by atoms with Crippen molar-refractivity contribution in [3.63, 3.8) is 0 Å². The average Bonchev–Trinajstić information content (AvgIpc) is 2.52. The van der Waals surface area contributed by atoms with Crippen molar-refractivity contribution >= 4 is 21.8 Å². The molecule has 1 atom stereocenters. The first-order valence-corrected chi connectivity index (χ1v) is 8.57. The summed E-state index contributed by atoms with van der Waals surface area (Å²) >= 11 is 3.60. The largest absolute Gasteiger partial charge is 0.381 e. The van der Waals surface area contributed by atoms with Gasteiger partial charge in [-0.3, -0.25) is 4.79 Å². The molecular weight excluding hydrogens is 330 g/mol. The Labute approximate surface area is 135 Å². The Morgan fingerprint density at radius 2 is 2.05 bits per heavy atom. The third kappa shape index (κ3) is 4.07. The molecule has 0 aliphatic carbocycles. The van der Waals surface area contributed by atoms with Crippen LogP contribution in [0.25, 0.3) is 0 Å². The molecule has 1 aliphatic rings. The highest BCUT2D eigenvalue weighted by molar-refractivity contribution is 9.10. The predicted molar refractivity (Wildman–Crippen MR) is 88.1 cm³/mol. The van der Waals surface area contributed by atoms with Crippen LogP contribution in [0, 0.1) is 5.92 Å². The molecule has 1 amide bonds. The molecule has 0 radical (unpaired) electrons. The zero-order valence-electron chi connectivity index (χ0n) is 12.8. The fraction of sp³-hybridized carbons (Fsp3) is 0.588. The quantitative estimate of drug-likeness (QED) is 0.794. The van der Waals surface area contributed by atoms with Gasteiger partial charge in [-0.15, -0.1) is 0 Å². The third-order valence-corrected chi connectivity index (χ3v) is 4.86. The Bertz CT molecular complexity index is 472. The average molecular weight is 354 g/mol. The Hall–Kier alpha value is -0.870. The van der Waals surface area contributed by atoms with Crippen LogP contribution in [0.3, 0.4) is 0 Å². The maximum atomic E-state index is 12.9. The summed E-state index contributed by atoms with van der Waals surface area (Å²) in [5, 5.41) is 0. The molecule has 21 heavy (non-hydrogen) atoms. The fourth-order valence-corrected chi connectivity index (χ4v) is 3.51. The van der Waals surface area contributed by atoms with Crippen molar-refractivity contribution in [2.24, 2.45) is 5.92 Å². The second-order valence-corrected chi connectivity index (χ2v) is 6.47. The van der Waals surface area contributed by atoms with Gasteiger partial charge in [0, 0.05) is 30.1 Å². The summed E-state index contributed by atoms with van der Waals surface area (Å²) in [6.07, 6.45) is 2.67. The van der Waals surface area contributed by atoms with Crippen LogP contribution in [-0.4, -0.2) is 30.6 Å². The second-order valence-electron chi connectivity index (χ2n) is 5.62. The van der Waals surface area contributed by atoms with Crippen LogP contribution >= 0.6 is 15.9 Å². The predicted octanol–water partition coefficient (Wildman–Crippen LogP) is 4.18. The second kappa shape index (κ2) is 7.95. The summed E-state index contributed by atoms with van der Waals surface area (Å²) in [6, 6.07) is 8.25. The van der Waals surface area contributed by atoms with Gasteiger partial charge in [0.2, 0.25) is 5.91 Å². The van der Waals surface area contributed by atoms with Gasteiger partial charge < -0.3 is 9.64 Å². The van der Waals surface area contributed by atoms with E-state index >= 15 is 0 Å². The van der Waals surface area contributed by atoms with Crippen molar-refractivity contribution in [1.29, 1.82) is 0 Å². The number of carbonyl (C=O) groups excluding carboxylic acids is 1. The van der Waals surface area contributed by atoms with Crippen molar-refractivity contribution < 1.29 is 9.53 Å². The first-order valence-electron chi connectivity index (χ1n) is 7.77. The molecule has 0 bridgehead atoms. The van der Waals surface area contributed by atoms with E-state index in [1.165, 1.54) is 5.56 Å². The lowest BCUT2D eigenvalue weighted by Crippen LogP contribution is -2.40. The van der Waals surface area contributed by atoms with E-state index in [2.05, 4.69) is 35.8 Å². The highest BCUT2D eigenvalue weighted by Crippen LogP contribution is 2.30. The molecule has 1 aromatic rings. The van der Waals surface area contributed by atoms with Gasteiger partial charge in [0.15, 0.2) is 0 Å². The molecule has 3 nitrogen and oxygen atoms in total. The smallest absolute Gasteiger partial charge is 0.226 e. The lowest BCUT2D eigenvalue weighted by atomic mass is 9.96. The molecule has 1 heterocycles. The number of rotatable bonds is 5. The molecule has 0 N–H and O–H groups in total. The van der Waals surface area contributed by atoms with Crippen LogP contribution in [0.4, 0.5) is 0 Å². The SMILES string of the molecule is CCCN(C(=O)C1CCOCC1)C(C)c1ccccc1Br. The lowest BCUT2D eigenvalue weighted by molar-refractivity contribution is -0.140. The highest BCUT2D eigenvalue weighted by atomic mass is 79.9. The first-order chi connectivity index (χ1) is 10.1. The molecule has 1 saturated heterocycles. The van der Waals surface area contributed by atoms with Crippen molar-refractivity contribution in [2.45, 2.75) is 39.2 Å². The molecule has 0 aromatic heterocycles. The number of nitrogens with zero attached hydrogens (tertiary/aromatic N) is 1. The number of hydrogen-bond acceptors (Lipinski definition) is 2. The topological polar surface area (TPSA) is 29.5 Å². The van der Waals surface area contributed by atoms with E-state index in [0.717, 1.165) is 30.3 Å². The minimum Gasteiger partial charge on any atom is -0.381 e. The van der Waals surface area contributed by atoms with Crippen LogP contribution in [0.1, 0.15) is 44.7 Å². The van der Waals surface area contributed by atoms with E-state index in [9.17, 15) is 4.79 Å². The van der Waals surface area contributed by atoms with E-state index in [4.69, 9.17) is 4.74 Å². The zero-order chi connectivity index (χ0) is 15.2. The minimum absolute atomic E-state index is 0.0934. The van der Waals surface area contributed by atoms with Crippen LogP contribution in [0.5, 0.6) is 0 Å². The van der Waals surface area contributed by atoms with Crippen molar-refractivity contribution in [3.8, 4) is 0 Å². The van der Waals surface area contributed by atoms with E-state index in [-0.39, 0.29) is 17.9 Å². The maximum Gasteiger partial charge on any atom is 0.226 e. The molecule has 0 saturated carbocycles. The van der Waals surface area contributed by atoms with E-state index in [1.807, 2.05) is 23.1 Å². The number of ether oxygens (including phenoxy) is 1. The maximum absolute atomic E-state index is 12.9. The van der Waals surface area contributed by atoms with E-state index in [1.54, 1.807) is 0 Å². The third-order valence-electron chi connectivity index (χ3n) is 4.14. The summed E-state index contributed by atoms with van der Waals surface area (Å²) in [6.45, 7) is 6.46. The molecule has 1 aliphatic heterocycles. The van der Waals surface area contributed by atoms with Gasteiger partial charge in [-0.25, -0.2) is 0 Å². The summed E-state index contributed by atoms with van der Waals surface area (Å²) in [7, 11) is 0. The number of carbonyl (C=O) groups is 1. The number of amides is 1. The fourth-order valence-electron chi connectivity index (χ4n) is 2.90. The molecule has 116 valence electrons. The van der Waals surface area contributed by atoms with Gasteiger partial charge in [-0.1, -0.05) is 41.1 Å². The van der Waals surface area contributed by atoms with Crippen molar-refractivity contribution in [1.82, 2.24) is 4.90 Å². The first kappa shape index (κ1) is 16.5. The number of hydrogen-bond donors (Lipinski definition) is 0.